The number of carboxylic acid groups (broad SMARTS) is 1. The minimum absolute atomic E-state index is 0.0205. The van der Waals surface area contributed by atoms with Gasteiger partial charge >= 0.3 is 5.97 Å². The van der Waals surface area contributed by atoms with Crippen LogP contribution in [0.1, 0.15) is 66.5 Å². The summed E-state index contributed by atoms with van der Waals surface area (Å²) in [5.74, 6) is -1.45. The van der Waals surface area contributed by atoms with E-state index < -0.39 is 27.3 Å². The van der Waals surface area contributed by atoms with Crippen molar-refractivity contribution in [3.8, 4) is 5.88 Å². The lowest BCUT2D eigenvalue weighted by Crippen LogP contribution is -2.34. The van der Waals surface area contributed by atoms with Crippen LogP contribution in [0.3, 0.4) is 0 Å². The van der Waals surface area contributed by atoms with Crippen LogP contribution in [0, 0.1) is 26.2 Å². The third-order valence-corrected chi connectivity index (χ3v) is 10.5. The molecule has 3 heterocycles. The molecule has 12 heteroatoms. The van der Waals surface area contributed by atoms with Gasteiger partial charge in [0, 0.05) is 38.4 Å². The number of hydrogen-bond donors (Lipinski definition) is 1. The van der Waals surface area contributed by atoms with Gasteiger partial charge in [0.05, 0.1) is 17.5 Å². The lowest BCUT2D eigenvalue weighted by Gasteiger charge is -2.33. The maximum absolute atomic E-state index is 14.2. The fraction of sp³-hybridized carbons (Fsp3) is 0.455. The number of pyridine rings is 1. The number of ether oxygens (including phenoxy) is 2. The molecule has 0 saturated heterocycles. The molecule has 5 rings (SSSR count). The minimum Gasteiger partial charge on any atom is -0.481 e. The fourth-order valence-electron chi connectivity index (χ4n) is 5.96. The molecule has 4 aromatic rings. The molecule has 0 bridgehead atoms. The van der Waals surface area contributed by atoms with Crippen molar-refractivity contribution in [2.45, 2.75) is 71.9 Å². The normalized spacial score (nSPS) is 16.8. The van der Waals surface area contributed by atoms with Gasteiger partial charge in [0.1, 0.15) is 17.0 Å². The Morgan fingerprint density at radius 2 is 1.87 bits per heavy atom. The van der Waals surface area contributed by atoms with Gasteiger partial charge in [-0.25, -0.2) is 18.1 Å². The molecule has 0 fully saturated rings. The molecule has 1 aliphatic heterocycles. The van der Waals surface area contributed by atoms with Gasteiger partial charge in [0.25, 0.3) is 0 Å². The van der Waals surface area contributed by atoms with Crippen molar-refractivity contribution in [2.75, 3.05) is 26.4 Å². The average molecular weight is 636 g/mol. The number of rotatable bonds is 7. The summed E-state index contributed by atoms with van der Waals surface area (Å²) in [4.78, 5) is 17.0. The SMILES string of the molecule is CCn1nnc2c(C)c([C@H](c3ccc(C)c(CN4CCCOCCOc5ncc(C)cc5S4(=O)=O)c3)C(C)(C)C(=O)O)ccc21. The van der Waals surface area contributed by atoms with Crippen LogP contribution in [-0.2, 0) is 32.6 Å². The molecule has 45 heavy (non-hydrogen) atoms. The van der Waals surface area contributed by atoms with Crippen LogP contribution in [0.4, 0.5) is 0 Å². The van der Waals surface area contributed by atoms with Crippen LogP contribution >= 0.6 is 0 Å². The van der Waals surface area contributed by atoms with Crippen molar-refractivity contribution in [3.63, 3.8) is 0 Å². The Morgan fingerprint density at radius 3 is 2.60 bits per heavy atom. The second kappa shape index (κ2) is 12.9. The van der Waals surface area contributed by atoms with Crippen molar-refractivity contribution < 1.29 is 27.8 Å². The molecule has 0 saturated carbocycles. The molecule has 0 radical (unpaired) electrons. The van der Waals surface area contributed by atoms with E-state index in [1.807, 2.05) is 55.8 Å². The predicted octanol–water partition coefficient (Wildman–Crippen LogP) is 5.00. The maximum atomic E-state index is 14.2. The van der Waals surface area contributed by atoms with Crippen LogP contribution in [0.15, 0.2) is 47.5 Å². The van der Waals surface area contributed by atoms with Gasteiger partial charge in [0.15, 0.2) is 0 Å². The first kappa shape index (κ1) is 32.5. The fourth-order valence-corrected chi connectivity index (χ4v) is 7.58. The number of aryl methyl sites for hydroxylation is 4. The van der Waals surface area contributed by atoms with E-state index in [0.717, 1.165) is 38.9 Å². The molecule has 0 unspecified atom stereocenters. The zero-order valence-electron chi connectivity index (χ0n) is 26.7. The van der Waals surface area contributed by atoms with Crippen molar-refractivity contribution in [3.05, 3.63) is 76.0 Å². The molecule has 1 N–H and O–H groups in total. The summed E-state index contributed by atoms with van der Waals surface area (Å²) in [5, 5.41) is 19.1. The number of carbonyl (C=O) groups is 1. The molecule has 1 atom stereocenters. The monoisotopic (exact) mass is 635 g/mol. The first-order chi connectivity index (χ1) is 21.4. The predicted molar refractivity (Wildman–Crippen MR) is 170 cm³/mol. The van der Waals surface area contributed by atoms with E-state index in [1.54, 1.807) is 33.0 Å². The van der Waals surface area contributed by atoms with Gasteiger partial charge in [-0.15, -0.1) is 5.10 Å². The van der Waals surface area contributed by atoms with Gasteiger partial charge in [0.2, 0.25) is 15.9 Å². The Bertz CT molecular complexity index is 1830. The second-order valence-electron chi connectivity index (χ2n) is 12.2. The molecule has 11 nitrogen and oxygen atoms in total. The van der Waals surface area contributed by atoms with Crippen molar-refractivity contribution in [2.24, 2.45) is 5.41 Å². The summed E-state index contributed by atoms with van der Waals surface area (Å²) in [6, 6.07) is 11.3. The van der Waals surface area contributed by atoms with E-state index in [0.29, 0.717) is 31.7 Å². The van der Waals surface area contributed by atoms with Crippen molar-refractivity contribution in [1.82, 2.24) is 24.3 Å². The largest absolute Gasteiger partial charge is 0.481 e. The van der Waals surface area contributed by atoms with Crippen molar-refractivity contribution in [1.29, 1.82) is 0 Å². The summed E-state index contributed by atoms with van der Waals surface area (Å²) in [5.41, 5.74) is 5.25. The van der Waals surface area contributed by atoms with Crippen LogP contribution in [0.25, 0.3) is 11.0 Å². The molecule has 0 amide bonds. The van der Waals surface area contributed by atoms with Gasteiger partial charge < -0.3 is 14.6 Å². The van der Waals surface area contributed by atoms with Crippen LogP contribution < -0.4 is 4.74 Å². The maximum Gasteiger partial charge on any atom is 0.310 e. The summed E-state index contributed by atoms with van der Waals surface area (Å²) < 4.78 is 43.0. The standard InChI is InChI=1S/C33H41N5O6S/c1-7-38-27-12-11-26(23(4)30(27)35-36-38)29(33(5,6)32(39)40)24-10-9-22(3)25(18-24)20-37-13-8-14-43-15-16-44-31-28(45(37,41)42)17-21(2)19-34-31/h9-12,17-19,29H,7-8,13-16,20H2,1-6H3,(H,39,40)/t29-/m0/s1. The second-order valence-corrected chi connectivity index (χ2v) is 14.1. The Kier molecular flexibility index (Phi) is 9.29. The Hall–Kier alpha value is -3.87. The Morgan fingerprint density at radius 1 is 1.09 bits per heavy atom. The quantitative estimate of drug-likeness (QED) is 0.297. The Balaban J connectivity index is 1.61. The number of sulfonamides is 1. The smallest absolute Gasteiger partial charge is 0.310 e. The minimum atomic E-state index is -4.02. The van der Waals surface area contributed by atoms with E-state index in [-0.39, 0.29) is 30.5 Å². The number of carboxylic acids is 1. The Labute approximate surface area is 264 Å². The van der Waals surface area contributed by atoms with Crippen LogP contribution in [0.2, 0.25) is 0 Å². The molecular weight excluding hydrogens is 594 g/mol. The molecule has 0 aliphatic carbocycles. The number of hydrogen-bond acceptors (Lipinski definition) is 8. The number of aliphatic carboxylic acids is 1. The lowest BCUT2D eigenvalue weighted by atomic mass is 9.69. The summed E-state index contributed by atoms with van der Waals surface area (Å²) in [6.07, 6.45) is 2.08. The number of aromatic nitrogens is 4. The van der Waals surface area contributed by atoms with E-state index in [4.69, 9.17) is 9.47 Å². The molecule has 1 aliphatic rings. The molecule has 0 spiro atoms. The number of benzene rings is 2. The first-order valence-corrected chi connectivity index (χ1v) is 16.6. The summed E-state index contributed by atoms with van der Waals surface area (Å²) >= 11 is 0. The highest BCUT2D eigenvalue weighted by Crippen LogP contribution is 2.44. The van der Waals surface area contributed by atoms with E-state index in [2.05, 4.69) is 15.3 Å². The number of nitrogens with zero attached hydrogens (tertiary/aromatic N) is 5. The topological polar surface area (TPSA) is 137 Å². The molecule has 2 aromatic carbocycles. The molecule has 2 aromatic heterocycles. The first-order valence-electron chi connectivity index (χ1n) is 15.2. The highest BCUT2D eigenvalue weighted by molar-refractivity contribution is 7.89. The van der Waals surface area contributed by atoms with Crippen molar-refractivity contribution >= 4 is 27.0 Å². The van der Waals surface area contributed by atoms with Crippen LogP contribution in [0.5, 0.6) is 5.88 Å². The average Bonchev–Trinajstić information content (AvgIpc) is 3.42. The summed E-state index contributed by atoms with van der Waals surface area (Å²) in [7, 11) is -4.02. The van der Waals surface area contributed by atoms with E-state index >= 15 is 0 Å². The lowest BCUT2D eigenvalue weighted by molar-refractivity contribution is -0.147. The zero-order valence-corrected chi connectivity index (χ0v) is 27.5. The number of fused-ring (bicyclic) bond motifs is 2. The van der Waals surface area contributed by atoms with Gasteiger partial charge in [-0.3, -0.25) is 4.79 Å². The van der Waals surface area contributed by atoms with E-state index in [1.165, 1.54) is 4.31 Å². The van der Waals surface area contributed by atoms with Gasteiger partial charge in [-0.05, 0) is 93.5 Å². The van der Waals surface area contributed by atoms with E-state index in [9.17, 15) is 18.3 Å². The molecular formula is C33H41N5O6S. The van der Waals surface area contributed by atoms with Gasteiger partial charge in [-0.1, -0.05) is 29.5 Å². The molecule has 240 valence electrons. The zero-order chi connectivity index (χ0) is 32.5. The summed E-state index contributed by atoms with van der Waals surface area (Å²) in [6.45, 7) is 13.0. The third kappa shape index (κ3) is 6.31. The van der Waals surface area contributed by atoms with Gasteiger partial charge in [-0.2, -0.15) is 4.31 Å². The highest BCUT2D eigenvalue weighted by atomic mass is 32.2. The van der Waals surface area contributed by atoms with Crippen LogP contribution in [-0.4, -0.2) is 70.1 Å². The highest BCUT2D eigenvalue weighted by Gasteiger charge is 2.40. The third-order valence-electron chi connectivity index (χ3n) is 8.65.